The molecule has 0 aromatic heterocycles. The molecule has 5 heteroatoms. The van der Waals surface area contributed by atoms with Gasteiger partial charge in [-0.2, -0.15) is 0 Å². The number of aliphatic carboxylic acids is 1. The molecular formula is C10H18N2O3. The minimum Gasteiger partial charge on any atom is -0.480 e. The van der Waals surface area contributed by atoms with E-state index in [0.717, 1.165) is 12.8 Å². The number of carbonyl (C=O) groups is 2. The SMILES string of the molecule is CCN(C)C(=O)N1CCCC[C@H]1C(=O)O. The highest BCUT2D eigenvalue weighted by Gasteiger charge is 2.32. The Bertz CT molecular complexity index is 255. The van der Waals surface area contributed by atoms with Gasteiger partial charge in [0.05, 0.1) is 0 Å². The van der Waals surface area contributed by atoms with Gasteiger partial charge in [-0.15, -0.1) is 0 Å². The first-order valence-electron chi connectivity index (χ1n) is 5.32. The molecule has 5 nitrogen and oxygen atoms in total. The number of carbonyl (C=O) groups excluding carboxylic acids is 1. The molecule has 15 heavy (non-hydrogen) atoms. The zero-order valence-corrected chi connectivity index (χ0v) is 9.27. The molecule has 1 saturated heterocycles. The van der Waals surface area contributed by atoms with Crippen molar-refractivity contribution in [3.8, 4) is 0 Å². The minimum absolute atomic E-state index is 0.176. The fraction of sp³-hybridized carbons (Fsp3) is 0.800. The summed E-state index contributed by atoms with van der Waals surface area (Å²) < 4.78 is 0. The van der Waals surface area contributed by atoms with Crippen molar-refractivity contribution < 1.29 is 14.7 Å². The third kappa shape index (κ3) is 2.61. The van der Waals surface area contributed by atoms with Gasteiger partial charge in [0.1, 0.15) is 6.04 Å². The maximum Gasteiger partial charge on any atom is 0.326 e. The van der Waals surface area contributed by atoms with Crippen LogP contribution in [0.4, 0.5) is 4.79 Å². The molecule has 0 aromatic rings. The first-order valence-corrected chi connectivity index (χ1v) is 5.32. The van der Waals surface area contributed by atoms with E-state index in [-0.39, 0.29) is 6.03 Å². The summed E-state index contributed by atoms with van der Waals surface area (Å²) in [5.41, 5.74) is 0. The Labute approximate surface area is 89.7 Å². The third-order valence-corrected chi connectivity index (χ3v) is 2.83. The monoisotopic (exact) mass is 214 g/mol. The first-order chi connectivity index (χ1) is 7.07. The largest absolute Gasteiger partial charge is 0.480 e. The van der Waals surface area contributed by atoms with Crippen LogP contribution in [0.25, 0.3) is 0 Å². The normalized spacial score (nSPS) is 21.2. The van der Waals surface area contributed by atoms with Crippen molar-refractivity contribution in [2.45, 2.75) is 32.2 Å². The lowest BCUT2D eigenvalue weighted by Gasteiger charge is -2.35. The summed E-state index contributed by atoms with van der Waals surface area (Å²) in [5, 5.41) is 9.00. The van der Waals surface area contributed by atoms with Gasteiger partial charge in [0.15, 0.2) is 0 Å². The molecule has 0 spiro atoms. The van der Waals surface area contributed by atoms with E-state index in [0.29, 0.717) is 19.5 Å². The molecule has 0 aliphatic carbocycles. The Hall–Kier alpha value is -1.26. The van der Waals surface area contributed by atoms with E-state index in [2.05, 4.69) is 0 Å². The van der Waals surface area contributed by atoms with Gasteiger partial charge in [-0.25, -0.2) is 9.59 Å². The quantitative estimate of drug-likeness (QED) is 0.746. The molecule has 0 aromatic carbocycles. The van der Waals surface area contributed by atoms with Crippen LogP contribution in [0, 0.1) is 0 Å². The molecule has 1 heterocycles. The number of rotatable bonds is 2. The van der Waals surface area contributed by atoms with Crippen molar-refractivity contribution in [3.63, 3.8) is 0 Å². The Morgan fingerprint density at radius 2 is 2.13 bits per heavy atom. The van der Waals surface area contributed by atoms with Crippen molar-refractivity contribution in [2.24, 2.45) is 0 Å². The van der Waals surface area contributed by atoms with Gasteiger partial charge < -0.3 is 14.9 Å². The van der Waals surface area contributed by atoms with Crippen molar-refractivity contribution in [1.82, 2.24) is 9.80 Å². The molecular weight excluding hydrogens is 196 g/mol. The van der Waals surface area contributed by atoms with Crippen LogP contribution in [-0.2, 0) is 4.79 Å². The highest BCUT2D eigenvalue weighted by molar-refractivity contribution is 5.82. The minimum atomic E-state index is -0.896. The Morgan fingerprint density at radius 3 is 2.67 bits per heavy atom. The number of carboxylic acid groups (broad SMARTS) is 1. The number of amides is 2. The maximum absolute atomic E-state index is 11.8. The molecule has 2 amide bonds. The summed E-state index contributed by atoms with van der Waals surface area (Å²) in [7, 11) is 1.69. The van der Waals surface area contributed by atoms with Crippen molar-refractivity contribution in [3.05, 3.63) is 0 Å². The van der Waals surface area contributed by atoms with Gasteiger partial charge in [0.2, 0.25) is 0 Å². The molecule has 0 saturated carbocycles. The highest BCUT2D eigenvalue weighted by Crippen LogP contribution is 2.18. The van der Waals surface area contributed by atoms with Crippen LogP contribution in [0.2, 0.25) is 0 Å². The van der Waals surface area contributed by atoms with Gasteiger partial charge in [-0.05, 0) is 26.2 Å². The topological polar surface area (TPSA) is 60.9 Å². The Kier molecular flexibility index (Phi) is 3.94. The first kappa shape index (κ1) is 11.8. The molecule has 1 atom stereocenters. The lowest BCUT2D eigenvalue weighted by Crippen LogP contribution is -2.52. The molecule has 1 fully saturated rings. The lowest BCUT2D eigenvalue weighted by molar-refractivity contribution is -0.143. The summed E-state index contributed by atoms with van der Waals surface area (Å²) in [6.45, 7) is 3.03. The zero-order chi connectivity index (χ0) is 11.4. The van der Waals surface area contributed by atoms with E-state index in [4.69, 9.17) is 5.11 Å². The summed E-state index contributed by atoms with van der Waals surface area (Å²) in [5.74, 6) is -0.896. The second-order valence-corrected chi connectivity index (χ2v) is 3.84. The molecule has 1 rings (SSSR count). The number of nitrogens with zero attached hydrogens (tertiary/aromatic N) is 2. The van der Waals surface area contributed by atoms with Crippen LogP contribution in [0.1, 0.15) is 26.2 Å². The van der Waals surface area contributed by atoms with Crippen LogP contribution >= 0.6 is 0 Å². The summed E-state index contributed by atoms with van der Waals surface area (Å²) in [6, 6.07) is -0.815. The number of hydrogen-bond acceptors (Lipinski definition) is 2. The lowest BCUT2D eigenvalue weighted by atomic mass is 10.0. The number of carboxylic acids is 1. The van der Waals surface area contributed by atoms with Crippen molar-refractivity contribution >= 4 is 12.0 Å². The Morgan fingerprint density at radius 1 is 1.47 bits per heavy atom. The molecule has 1 aliphatic rings. The summed E-state index contributed by atoms with van der Waals surface area (Å²) in [4.78, 5) is 25.8. The number of likely N-dealkylation sites (tertiary alicyclic amines) is 1. The molecule has 0 radical (unpaired) electrons. The van der Waals surface area contributed by atoms with Crippen LogP contribution in [0.15, 0.2) is 0 Å². The smallest absolute Gasteiger partial charge is 0.326 e. The third-order valence-electron chi connectivity index (χ3n) is 2.83. The molecule has 1 N–H and O–H groups in total. The average molecular weight is 214 g/mol. The number of hydrogen-bond donors (Lipinski definition) is 1. The van der Waals surface area contributed by atoms with Gasteiger partial charge in [0, 0.05) is 20.1 Å². The Balaban J connectivity index is 2.71. The van der Waals surface area contributed by atoms with E-state index >= 15 is 0 Å². The predicted molar refractivity (Wildman–Crippen MR) is 55.7 cm³/mol. The molecule has 0 bridgehead atoms. The second kappa shape index (κ2) is 5.00. The standard InChI is InChI=1S/C10H18N2O3/c1-3-11(2)10(15)12-7-5-4-6-8(12)9(13)14/h8H,3-7H2,1-2H3,(H,13,14)/t8-/m0/s1. The van der Waals surface area contributed by atoms with Crippen LogP contribution in [0.3, 0.4) is 0 Å². The summed E-state index contributed by atoms with van der Waals surface area (Å²) in [6.07, 6.45) is 2.35. The number of urea groups is 1. The molecule has 0 unspecified atom stereocenters. The maximum atomic E-state index is 11.8. The fourth-order valence-corrected chi connectivity index (χ4v) is 1.77. The van der Waals surface area contributed by atoms with E-state index in [9.17, 15) is 9.59 Å². The molecule has 1 aliphatic heterocycles. The van der Waals surface area contributed by atoms with Crippen molar-refractivity contribution in [2.75, 3.05) is 20.1 Å². The fourth-order valence-electron chi connectivity index (χ4n) is 1.77. The van der Waals surface area contributed by atoms with Gasteiger partial charge in [0.25, 0.3) is 0 Å². The second-order valence-electron chi connectivity index (χ2n) is 3.84. The van der Waals surface area contributed by atoms with Crippen molar-refractivity contribution in [1.29, 1.82) is 0 Å². The van der Waals surface area contributed by atoms with E-state index in [1.807, 2.05) is 6.92 Å². The van der Waals surface area contributed by atoms with Gasteiger partial charge in [-0.1, -0.05) is 0 Å². The van der Waals surface area contributed by atoms with E-state index in [1.54, 1.807) is 11.9 Å². The molecule has 86 valence electrons. The van der Waals surface area contributed by atoms with E-state index in [1.165, 1.54) is 4.90 Å². The van der Waals surface area contributed by atoms with E-state index < -0.39 is 12.0 Å². The zero-order valence-electron chi connectivity index (χ0n) is 9.27. The van der Waals surface area contributed by atoms with Gasteiger partial charge in [-0.3, -0.25) is 0 Å². The van der Waals surface area contributed by atoms with Crippen LogP contribution < -0.4 is 0 Å². The van der Waals surface area contributed by atoms with Crippen LogP contribution in [-0.4, -0.2) is 53.1 Å². The predicted octanol–water partition coefficient (Wildman–Crippen LogP) is 0.997. The number of piperidine rings is 1. The average Bonchev–Trinajstić information content (AvgIpc) is 2.27. The van der Waals surface area contributed by atoms with Gasteiger partial charge >= 0.3 is 12.0 Å². The summed E-state index contributed by atoms with van der Waals surface area (Å²) >= 11 is 0. The van der Waals surface area contributed by atoms with Crippen LogP contribution in [0.5, 0.6) is 0 Å². The highest BCUT2D eigenvalue weighted by atomic mass is 16.4.